The number of nitrogens with one attached hydrogen (secondary N) is 5. The van der Waals surface area contributed by atoms with Gasteiger partial charge in [-0.05, 0) is 30.4 Å². The Morgan fingerprint density at radius 3 is 2.81 bits per heavy atom. The summed E-state index contributed by atoms with van der Waals surface area (Å²) in [7, 11) is 0. The normalized spacial score (nSPS) is 16.4. The lowest BCUT2D eigenvalue weighted by atomic mass is 9.97. The van der Waals surface area contributed by atoms with Crippen LogP contribution in [0.15, 0.2) is 79.0 Å². The summed E-state index contributed by atoms with van der Waals surface area (Å²) in [5.41, 5.74) is 4.28. The number of nitrogens with zero attached hydrogens (tertiary/aromatic N) is 3. The third kappa shape index (κ3) is 3.62. The third-order valence-corrected chi connectivity index (χ3v) is 6.32. The van der Waals surface area contributed by atoms with Crippen LogP contribution < -0.4 is 21.3 Å². The van der Waals surface area contributed by atoms with Gasteiger partial charge in [-0.2, -0.15) is 0 Å². The van der Waals surface area contributed by atoms with E-state index in [0.717, 1.165) is 11.4 Å². The molecule has 7 rings (SSSR count). The van der Waals surface area contributed by atoms with Gasteiger partial charge in [0, 0.05) is 35.3 Å². The van der Waals surface area contributed by atoms with E-state index >= 15 is 4.39 Å². The summed E-state index contributed by atoms with van der Waals surface area (Å²) in [5.74, 6) is 0.869. The largest absolute Gasteiger partial charge is 0.360 e. The lowest BCUT2D eigenvalue weighted by molar-refractivity contribution is 0.102. The molecule has 1 fully saturated rings. The van der Waals surface area contributed by atoms with Crippen LogP contribution in [-0.4, -0.2) is 32.0 Å². The van der Waals surface area contributed by atoms with Crippen molar-refractivity contribution in [3.63, 3.8) is 0 Å². The van der Waals surface area contributed by atoms with Crippen LogP contribution in [-0.2, 0) is 0 Å². The molecular weight excluding hydrogens is 471 g/mol. The molecule has 0 saturated carbocycles. The first-order valence-corrected chi connectivity index (χ1v) is 11.6. The number of hydrogen-bond acceptors (Lipinski definition) is 7. The second kappa shape index (κ2) is 8.16. The number of H-pyrrole nitrogens is 1. The van der Waals surface area contributed by atoms with Gasteiger partial charge in [0.25, 0.3) is 5.91 Å². The third-order valence-electron chi connectivity index (χ3n) is 6.32. The lowest BCUT2D eigenvalue weighted by Crippen LogP contribution is -2.15. The zero-order chi connectivity index (χ0) is 24.9. The number of fused-ring (bicyclic) bond motifs is 3. The maximum Gasteiger partial charge on any atom is 0.255 e. The highest BCUT2D eigenvalue weighted by Gasteiger charge is 2.42. The quantitative estimate of drug-likeness (QED) is 0.269. The second-order valence-electron chi connectivity index (χ2n) is 8.71. The lowest BCUT2D eigenvalue weighted by Gasteiger charge is -2.18. The Labute approximate surface area is 210 Å². The van der Waals surface area contributed by atoms with Crippen LogP contribution in [0.5, 0.6) is 0 Å². The average Bonchev–Trinajstić information content (AvgIpc) is 3.64. The molecule has 3 aromatic heterocycles. The van der Waals surface area contributed by atoms with Crippen molar-refractivity contribution in [2.45, 2.75) is 6.17 Å². The zero-order valence-electron chi connectivity index (χ0n) is 19.2. The van der Waals surface area contributed by atoms with E-state index in [9.17, 15) is 4.79 Å². The highest BCUT2D eigenvalue weighted by Crippen LogP contribution is 2.44. The zero-order valence-corrected chi connectivity index (χ0v) is 19.2. The Bertz CT molecular complexity index is 1670. The first-order valence-electron chi connectivity index (χ1n) is 11.6. The van der Waals surface area contributed by atoms with Crippen LogP contribution in [0.3, 0.4) is 0 Å². The first kappa shape index (κ1) is 21.1. The van der Waals surface area contributed by atoms with E-state index in [1.54, 1.807) is 42.7 Å². The number of amides is 1. The van der Waals surface area contributed by atoms with Crippen LogP contribution in [0.2, 0.25) is 0 Å². The van der Waals surface area contributed by atoms with E-state index in [-0.39, 0.29) is 17.6 Å². The molecule has 0 bridgehead atoms. The molecule has 0 spiro atoms. The minimum Gasteiger partial charge on any atom is -0.360 e. The van der Waals surface area contributed by atoms with Crippen molar-refractivity contribution < 1.29 is 9.18 Å². The molecule has 5 N–H and O–H groups in total. The highest BCUT2D eigenvalue weighted by atomic mass is 19.1. The maximum absolute atomic E-state index is 16.2. The Balaban J connectivity index is 1.27. The molecule has 3 aliphatic rings. The summed E-state index contributed by atoms with van der Waals surface area (Å²) in [6, 6.07) is 10.5. The Kier molecular flexibility index (Phi) is 4.65. The van der Waals surface area contributed by atoms with Gasteiger partial charge in [-0.3, -0.25) is 9.78 Å². The summed E-state index contributed by atoms with van der Waals surface area (Å²) in [4.78, 5) is 29.3. The number of carbonyl (C=O) groups excluding carboxylic acids is 1. The molecule has 0 aliphatic carbocycles. The number of pyridine rings is 2. The molecule has 1 atom stereocenters. The number of anilines is 3. The SMILES string of the molecule is O=C(Nc1cncc(-c2cnc3c(c2F)C(c2nc4c([nH]2)C=CC=CN4)=C2NC2N3)c1)c1ccccc1. The molecule has 0 radical (unpaired) electrons. The van der Waals surface area contributed by atoms with E-state index < -0.39 is 5.82 Å². The van der Waals surface area contributed by atoms with Crippen molar-refractivity contribution >= 4 is 34.9 Å². The van der Waals surface area contributed by atoms with Gasteiger partial charge in [-0.1, -0.05) is 24.3 Å². The van der Waals surface area contributed by atoms with Crippen molar-refractivity contribution in [3.8, 4) is 11.1 Å². The number of benzene rings is 1. The summed E-state index contributed by atoms with van der Waals surface area (Å²) < 4.78 is 16.2. The van der Waals surface area contributed by atoms with Gasteiger partial charge in [0.05, 0.1) is 34.4 Å². The maximum atomic E-state index is 16.2. The molecule has 1 saturated heterocycles. The van der Waals surface area contributed by atoms with Crippen molar-refractivity contribution in [3.05, 3.63) is 108 Å². The van der Waals surface area contributed by atoms with Crippen molar-refractivity contribution in [1.82, 2.24) is 25.3 Å². The van der Waals surface area contributed by atoms with Gasteiger partial charge in [-0.15, -0.1) is 0 Å². The number of halogens is 1. The minimum atomic E-state index is -0.463. The fourth-order valence-electron chi connectivity index (χ4n) is 4.50. The van der Waals surface area contributed by atoms with Crippen LogP contribution in [0.25, 0.3) is 22.8 Å². The molecule has 180 valence electrons. The smallest absolute Gasteiger partial charge is 0.255 e. The van der Waals surface area contributed by atoms with Crippen molar-refractivity contribution in [2.24, 2.45) is 0 Å². The summed E-state index contributed by atoms with van der Waals surface area (Å²) in [6.07, 6.45) is 11.9. The number of imidazole rings is 1. The monoisotopic (exact) mass is 490 g/mol. The Hall–Kier alpha value is -5.25. The van der Waals surface area contributed by atoms with Gasteiger partial charge in [0.15, 0.2) is 5.82 Å². The summed E-state index contributed by atoms with van der Waals surface area (Å²) in [5, 5.41) is 12.4. The Morgan fingerprint density at radius 1 is 1.03 bits per heavy atom. The van der Waals surface area contributed by atoms with Crippen molar-refractivity contribution in [2.75, 3.05) is 16.0 Å². The van der Waals surface area contributed by atoms with E-state index in [2.05, 4.69) is 41.2 Å². The van der Waals surface area contributed by atoms with E-state index in [1.165, 1.54) is 12.4 Å². The van der Waals surface area contributed by atoms with Crippen LogP contribution in [0, 0.1) is 5.82 Å². The fraction of sp³-hybridized carbons (Fsp3) is 0.0370. The predicted octanol–water partition coefficient (Wildman–Crippen LogP) is 4.32. The molecule has 10 heteroatoms. The summed E-state index contributed by atoms with van der Waals surface area (Å²) in [6.45, 7) is 0. The average molecular weight is 491 g/mol. The number of hydrogen-bond donors (Lipinski definition) is 5. The molecule has 6 heterocycles. The molecule has 1 unspecified atom stereocenters. The van der Waals surface area contributed by atoms with E-state index in [4.69, 9.17) is 0 Å². The first-order chi connectivity index (χ1) is 18.2. The number of rotatable bonds is 4. The van der Waals surface area contributed by atoms with Gasteiger partial charge in [0.2, 0.25) is 0 Å². The number of aromatic amines is 1. The minimum absolute atomic E-state index is 0.119. The van der Waals surface area contributed by atoms with Crippen LogP contribution in [0.1, 0.15) is 27.4 Å². The molecule has 4 aromatic rings. The molecule has 1 amide bonds. The Morgan fingerprint density at radius 2 is 1.92 bits per heavy atom. The molecule has 37 heavy (non-hydrogen) atoms. The molecule has 3 aliphatic heterocycles. The van der Waals surface area contributed by atoms with Gasteiger partial charge in [-0.25, -0.2) is 14.4 Å². The van der Waals surface area contributed by atoms with E-state index in [1.807, 2.05) is 24.3 Å². The molecule has 9 nitrogen and oxygen atoms in total. The highest BCUT2D eigenvalue weighted by molar-refractivity contribution is 6.04. The number of carbonyl (C=O) groups is 1. The summed E-state index contributed by atoms with van der Waals surface area (Å²) >= 11 is 0. The van der Waals surface area contributed by atoms with Crippen LogP contribution in [0.4, 0.5) is 21.7 Å². The van der Waals surface area contributed by atoms with Gasteiger partial charge >= 0.3 is 0 Å². The fourth-order valence-corrected chi connectivity index (χ4v) is 4.50. The van der Waals surface area contributed by atoms with Gasteiger partial charge in [0.1, 0.15) is 23.6 Å². The van der Waals surface area contributed by atoms with Gasteiger partial charge < -0.3 is 26.3 Å². The molecular formula is C27H19FN8O. The van der Waals surface area contributed by atoms with E-state index in [0.29, 0.717) is 45.4 Å². The topological polar surface area (TPSA) is 130 Å². The number of aromatic nitrogens is 4. The van der Waals surface area contributed by atoms with Crippen LogP contribution >= 0.6 is 0 Å². The molecule has 1 aromatic carbocycles. The second-order valence-corrected chi connectivity index (χ2v) is 8.71. The predicted molar refractivity (Wildman–Crippen MR) is 139 cm³/mol. The standard InChI is InChI=1S/C27H19FN8O/c28-21-17(15-10-16(12-29-11-15)32-27(37)14-6-2-1-3-7-14)13-31-24-19(21)20(22-26(34-22)36-24)25-33-18-8-4-5-9-30-23(18)35-25/h1-13,26,30,34H,(H,31,36)(H,32,37)(H,33,35). The number of allylic oxidation sites excluding steroid dienone is 2. The van der Waals surface area contributed by atoms with Crippen molar-refractivity contribution in [1.29, 1.82) is 0 Å².